The van der Waals surface area contributed by atoms with Gasteiger partial charge in [-0.2, -0.15) is 5.26 Å². The highest BCUT2D eigenvalue weighted by molar-refractivity contribution is 6.07. The van der Waals surface area contributed by atoms with Crippen LogP contribution < -0.4 is 15.8 Å². The molecule has 0 unspecified atom stereocenters. The van der Waals surface area contributed by atoms with E-state index in [0.29, 0.717) is 34.9 Å². The van der Waals surface area contributed by atoms with Gasteiger partial charge in [0.15, 0.2) is 5.82 Å². The summed E-state index contributed by atoms with van der Waals surface area (Å²) in [4.78, 5) is 29.9. The Bertz CT molecular complexity index is 1590. The van der Waals surface area contributed by atoms with Gasteiger partial charge in [-0.15, -0.1) is 0 Å². The van der Waals surface area contributed by atoms with E-state index >= 15 is 0 Å². The first-order valence-electron chi connectivity index (χ1n) is 10.3. The monoisotopic (exact) mass is 451 g/mol. The molecular formula is C25H17N5O4. The summed E-state index contributed by atoms with van der Waals surface area (Å²) in [5, 5.41) is 16.5. The van der Waals surface area contributed by atoms with Crippen LogP contribution in [0.3, 0.4) is 0 Å². The molecule has 5 rings (SSSR count). The lowest BCUT2D eigenvalue weighted by Crippen LogP contribution is -2.13. The summed E-state index contributed by atoms with van der Waals surface area (Å²) in [5.74, 6) is -0.351. The smallest absolute Gasteiger partial charge is 0.439 e. The SMILES string of the molecule is N#Cc1ccc(NC(=O)c2cc3cc(OCc4ccccc4)ccc3[nH]2)c(-c2noc(=O)[nH]2)c1. The van der Waals surface area contributed by atoms with Crippen LogP contribution in [0.1, 0.15) is 21.6 Å². The van der Waals surface area contributed by atoms with Crippen LogP contribution in [-0.4, -0.2) is 21.0 Å². The van der Waals surface area contributed by atoms with Gasteiger partial charge in [-0.1, -0.05) is 35.5 Å². The molecule has 1 amide bonds. The second kappa shape index (κ2) is 8.80. The first kappa shape index (κ1) is 20.8. The van der Waals surface area contributed by atoms with E-state index in [1.165, 1.54) is 6.07 Å². The number of carbonyl (C=O) groups excluding carboxylic acids is 1. The van der Waals surface area contributed by atoms with Crippen molar-refractivity contribution in [3.05, 3.63) is 100 Å². The first-order valence-corrected chi connectivity index (χ1v) is 10.3. The molecule has 34 heavy (non-hydrogen) atoms. The third-order valence-electron chi connectivity index (χ3n) is 5.18. The molecule has 0 radical (unpaired) electrons. The van der Waals surface area contributed by atoms with E-state index < -0.39 is 11.7 Å². The fourth-order valence-electron chi connectivity index (χ4n) is 3.52. The van der Waals surface area contributed by atoms with Crippen molar-refractivity contribution in [1.82, 2.24) is 15.1 Å². The average molecular weight is 451 g/mol. The summed E-state index contributed by atoms with van der Waals surface area (Å²) >= 11 is 0. The van der Waals surface area contributed by atoms with Crippen molar-refractivity contribution in [2.45, 2.75) is 6.61 Å². The summed E-state index contributed by atoms with van der Waals surface area (Å²) < 4.78 is 10.4. The van der Waals surface area contributed by atoms with Crippen LogP contribution in [0.15, 0.2) is 82.1 Å². The zero-order valence-electron chi connectivity index (χ0n) is 17.7. The highest BCUT2D eigenvalue weighted by Crippen LogP contribution is 2.27. The Morgan fingerprint density at radius 2 is 1.91 bits per heavy atom. The minimum Gasteiger partial charge on any atom is -0.489 e. The van der Waals surface area contributed by atoms with Gasteiger partial charge in [0.25, 0.3) is 5.91 Å². The van der Waals surface area contributed by atoms with Gasteiger partial charge in [0.1, 0.15) is 18.1 Å². The number of aromatic amines is 2. The Morgan fingerprint density at radius 3 is 2.68 bits per heavy atom. The second-order valence-electron chi connectivity index (χ2n) is 7.48. The van der Waals surface area contributed by atoms with Gasteiger partial charge in [0.2, 0.25) is 0 Å². The standard InChI is InChI=1S/C25H17N5O4/c26-13-16-6-8-21(19(10-16)23-29-25(32)34-30-23)28-24(31)22-12-17-11-18(7-9-20(17)27-22)33-14-15-4-2-1-3-5-15/h1-12,27H,14H2,(H,28,31)(H,29,30,32). The fourth-order valence-corrected chi connectivity index (χ4v) is 3.52. The lowest BCUT2D eigenvalue weighted by Gasteiger charge is -2.08. The minimum atomic E-state index is -0.740. The molecule has 0 aliphatic rings. The lowest BCUT2D eigenvalue weighted by atomic mass is 10.1. The van der Waals surface area contributed by atoms with Crippen LogP contribution in [0.2, 0.25) is 0 Å². The molecule has 0 aliphatic heterocycles. The molecule has 0 saturated carbocycles. The number of hydrogen-bond donors (Lipinski definition) is 3. The summed E-state index contributed by atoms with van der Waals surface area (Å²) in [6.45, 7) is 0.440. The Hall–Kier alpha value is -5.10. The molecule has 0 spiro atoms. The van der Waals surface area contributed by atoms with Gasteiger partial charge in [-0.25, -0.2) is 4.79 Å². The Morgan fingerprint density at radius 1 is 1.06 bits per heavy atom. The number of rotatable bonds is 6. The van der Waals surface area contributed by atoms with Crippen LogP contribution >= 0.6 is 0 Å². The highest BCUT2D eigenvalue weighted by Gasteiger charge is 2.16. The third-order valence-corrected chi connectivity index (χ3v) is 5.18. The van der Waals surface area contributed by atoms with E-state index in [0.717, 1.165) is 16.5 Å². The van der Waals surface area contributed by atoms with Gasteiger partial charge >= 0.3 is 5.76 Å². The van der Waals surface area contributed by atoms with Crippen molar-refractivity contribution in [3.8, 4) is 23.2 Å². The molecule has 0 saturated heterocycles. The zero-order chi connectivity index (χ0) is 23.5. The number of hydrogen-bond acceptors (Lipinski definition) is 6. The summed E-state index contributed by atoms with van der Waals surface area (Å²) in [6.07, 6.45) is 0. The molecule has 166 valence electrons. The number of carbonyl (C=O) groups is 1. The third kappa shape index (κ3) is 4.28. The van der Waals surface area contributed by atoms with Crippen LogP contribution in [0.25, 0.3) is 22.3 Å². The lowest BCUT2D eigenvalue weighted by molar-refractivity contribution is 0.102. The number of nitriles is 1. The molecule has 2 heterocycles. The minimum absolute atomic E-state index is 0.106. The van der Waals surface area contributed by atoms with Gasteiger partial charge in [-0.3, -0.25) is 14.3 Å². The average Bonchev–Trinajstić information content (AvgIpc) is 3.49. The van der Waals surface area contributed by atoms with E-state index in [4.69, 9.17) is 4.74 Å². The van der Waals surface area contributed by atoms with E-state index in [-0.39, 0.29) is 5.82 Å². The number of ether oxygens (including phenoxy) is 1. The number of benzene rings is 3. The number of fused-ring (bicyclic) bond motifs is 1. The maximum absolute atomic E-state index is 13.0. The second-order valence-corrected chi connectivity index (χ2v) is 7.48. The molecular weight excluding hydrogens is 434 g/mol. The molecule has 9 heteroatoms. The van der Waals surface area contributed by atoms with Crippen LogP contribution in [-0.2, 0) is 6.61 Å². The normalized spacial score (nSPS) is 10.7. The van der Waals surface area contributed by atoms with Crippen molar-refractivity contribution in [2.75, 3.05) is 5.32 Å². The Kier molecular flexibility index (Phi) is 5.38. The summed E-state index contributed by atoms with van der Waals surface area (Å²) in [5.41, 5.74) is 3.22. The molecule has 0 atom stereocenters. The molecule has 0 bridgehead atoms. The maximum Gasteiger partial charge on any atom is 0.439 e. The summed E-state index contributed by atoms with van der Waals surface area (Å²) in [7, 11) is 0. The van der Waals surface area contributed by atoms with Gasteiger partial charge in [-0.05, 0) is 48.0 Å². The maximum atomic E-state index is 13.0. The zero-order valence-corrected chi connectivity index (χ0v) is 17.7. The van der Waals surface area contributed by atoms with E-state index in [1.54, 1.807) is 18.2 Å². The first-order chi connectivity index (χ1) is 16.6. The van der Waals surface area contributed by atoms with E-state index in [9.17, 15) is 14.9 Å². The predicted molar refractivity (Wildman–Crippen MR) is 124 cm³/mol. The van der Waals surface area contributed by atoms with Crippen molar-refractivity contribution in [3.63, 3.8) is 0 Å². The molecule has 0 aliphatic carbocycles. The summed E-state index contributed by atoms with van der Waals surface area (Å²) in [6, 6.07) is 23.8. The molecule has 3 N–H and O–H groups in total. The molecule has 9 nitrogen and oxygen atoms in total. The Balaban J connectivity index is 1.38. The van der Waals surface area contributed by atoms with Gasteiger partial charge in [0, 0.05) is 16.5 Å². The van der Waals surface area contributed by atoms with Crippen LogP contribution in [0.5, 0.6) is 5.75 Å². The quantitative estimate of drug-likeness (QED) is 0.354. The number of aromatic nitrogens is 3. The number of H-pyrrole nitrogens is 2. The van der Waals surface area contributed by atoms with Crippen LogP contribution in [0, 0.1) is 11.3 Å². The largest absolute Gasteiger partial charge is 0.489 e. The number of nitrogens with one attached hydrogen (secondary N) is 3. The van der Waals surface area contributed by atoms with E-state index in [1.807, 2.05) is 54.6 Å². The van der Waals surface area contributed by atoms with Crippen molar-refractivity contribution < 1.29 is 14.1 Å². The highest BCUT2D eigenvalue weighted by atomic mass is 16.5. The van der Waals surface area contributed by atoms with Gasteiger partial charge in [0.05, 0.1) is 17.3 Å². The van der Waals surface area contributed by atoms with Crippen LogP contribution in [0.4, 0.5) is 5.69 Å². The fraction of sp³-hybridized carbons (Fsp3) is 0.0400. The predicted octanol–water partition coefficient (Wildman–Crippen LogP) is 4.21. The topological polar surface area (TPSA) is 137 Å². The molecule has 5 aromatic rings. The van der Waals surface area contributed by atoms with E-state index in [2.05, 4.69) is 25.0 Å². The Labute approximate surface area is 192 Å². The molecule has 3 aromatic carbocycles. The van der Waals surface area contributed by atoms with Crippen molar-refractivity contribution in [2.24, 2.45) is 0 Å². The van der Waals surface area contributed by atoms with Gasteiger partial charge < -0.3 is 15.0 Å². The number of anilines is 1. The van der Waals surface area contributed by atoms with Crippen molar-refractivity contribution >= 4 is 22.5 Å². The number of nitrogens with zero attached hydrogens (tertiary/aromatic N) is 2. The molecule has 2 aromatic heterocycles. The number of amides is 1. The van der Waals surface area contributed by atoms with Crippen molar-refractivity contribution in [1.29, 1.82) is 5.26 Å². The molecule has 0 fully saturated rings.